The summed E-state index contributed by atoms with van der Waals surface area (Å²) in [6.07, 6.45) is -4.89. The van der Waals surface area contributed by atoms with Crippen molar-refractivity contribution in [2.75, 3.05) is 38.2 Å². The van der Waals surface area contributed by atoms with Crippen molar-refractivity contribution in [3.05, 3.63) is 64.0 Å². The monoisotopic (exact) mass is 530 g/mol. The molecule has 2 heterocycles. The van der Waals surface area contributed by atoms with Crippen molar-refractivity contribution in [1.82, 2.24) is 14.7 Å². The average molecular weight is 531 g/mol. The maximum absolute atomic E-state index is 14.2. The minimum absolute atomic E-state index is 0.179. The van der Waals surface area contributed by atoms with Gasteiger partial charge in [-0.15, -0.1) is 0 Å². The van der Waals surface area contributed by atoms with E-state index in [4.69, 9.17) is 27.9 Å². The van der Waals surface area contributed by atoms with Crippen molar-refractivity contribution in [2.45, 2.75) is 12.7 Å². The number of hydrogen-bond acceptors (Lipinski definition) is 4. The third-order valence-corrected chi connectivity index (χ3v) is 6.38. The lowest BCUT2D eigenvalue weighted by Gasteiger charge is -2.36. The van der Waals surface area contributed by atoms with Crippen molar-refractivity contribution >= 4 is 34.8 Å². The molecule has 35 heavy (non-hydrogen) atoms. The summed E-state index contributed by atoms with van der Waals surface area (Å²) in [4.78, 5) is 16.4. The summed E-state index contributed by atoms with van der Waals surface area (Å²) >= 11 is 12.1. The molecule has 1 aliphatic heterocycles. The molecule has 1 aliphatic rings. The van der Waals surface area contributed by atoms with Crippen LogP contribution in [0.1, 0.15) is 5.69 Å². The van der Waals surface area contributed by atoms with E-state index in [0.29, 0.717) is 41.6 Å². The number of nitrogens with zero attached hydrogens (tertiary/aromatic N) is 4. The number of carbonyl (C=O) groups is 1. The number of carbonyl (C=O) groups excluding carboxylic acids is 1. The first-order chi connectivity index (χ1) is 16.6. The molecule has 1 aromatic heterocycles. The van der Waals surface area contributed by atoms with Crippen LogP contribution in [0.4, 0.5) is 23.2 Å². The summed E-state index contributed by atoms with van der Waals surface area (Å²) in [6.45, 7) is 0.824. The van der Waals surface area contributed by atoms with Gasteiger partial charge in [0.15, 0.2) is 5.69 Å². The maximum atomic E-state index is 14.2. The quantitative estimate of drug-likeness (QED) is 0.416. The molecule has 0 saturated carbocycles. The third kappa shape index (κ3) is 5.18. The van der Waals surface area contributed by atoms with Crippen LogP contribution in [-0.2, 0) is 17.5 Å². The highest BCUT2D eigenvalue weighted by molar-refractivity contribution is 6.34. The molecule has 0 aliphatic carbocycles. The molecule has 186 valence electrons. The van der Waals surface area contributed by atoms with Gasteiger partial charge in [0, 0.05) is 43.5 Å². The summed E-state index contributed by atoms with van der Waals surface area (Å²) < 4.78 is 61.3. The van der Waals surface area contributed by atoms with Crippen molar-refractivity contribution in [1.29, 1.82) is 0 Å². The van der Waals surface area contributed by atoms with Crippen LogP contribution in [0.2, 0.25) is 10.0 Å². The van der Waals surface area contributed by atoms with Crippen LogP contribution in [0.3, 0.4) is 0 Å². The topological polar surface area (TPSA) is 50.6 Å². The summed E-state index contributed by atoms with van der Waals surface area (Å²) in [5.74, 6) is -0.805. The van der Waals surface area contributed by atoms with Gasteiger partial charge in [-0.3, -0.25) is 4.79 Å². The number of anilines is 1. The van der Waals surface area contributed by atoms with E-state index in [1.54, 1.807) is 12.1 Å². The van der Waals surface area contributed by atoms with E-state index in [1.807, 2.05) is 11.0 Å². The first kappa shape index (κ1) is 25.1. The fraction of sp³-hybridized carbons (Fsp3) is 0.304. The van der Waals surface area contributed by atoms with Crippen LogP contribution < -0.4 is 9.64 Å². The zero-order valence-electron chi connectivity index (χ0n) is 18.5. The van der Waals surface area contributed by atoms with Gasteiger partial charge >= 0.3 is 6.18 Å². The molecule has 6 nitrogen and oxygen atoms in total. The zero-order valence-corrected chi connectivity index (χ0v) is 20.0. The molecule has 1 saturated heterocycles. The molecule has 0 radical (unpaired) electrons. The number of methoxy groups -OCH3 is 1. The molecule has 1 fully saturated rings. The Morgan fingerprint density at radius 1 is 1.09 bits per heavy atom. The van der Waals surface area contributed by atoms with Gasteiger partial charge in [-0.1, -0.05) is 35.3 Å². The second-order valence-corrected chi connectivity index (χ2v) is 8.62. The van der Waals surface area contributed by atoms with E-state index in [-0.39, 0.29) is 11.3 Å². The largest absolute Gasteiger partial charge is 0.495 e. The summed E-state index contributed by atoms with van der Waals surface area (Å²) in [7, 11) is 1.51. The Hall–Kier alpha value is -2.98. The highest BCUT2D eigenvalue weighted by Gasteiger charge is 2.41. The highest BCUT2D eigenvalue weighted by atomic mass is 35.5. The standard InChI is InChI=1S/C23H20Cl2F4N4O2/c1-35-18-12-14(6-7-16(18)24)31-8-10-32(11-9-31)19(34)13-33-22(23(27,28)29)20(25)21(30-33)15-4-2-3-5-17(15)26/h2-7,12H,8-11,13H2,1H3. The number of piperazine rings is 1. The molecular weight excluding hydrogens is 511 g/mol. The SMILES string of the molecule is COc1cc(N2CCN(C(=O)Cn3nc(-c4ccccc4F)c(Cl)c3C(F)(F)F)CC2)ccc1Cl. The molecule has 3 aromatic rings. The van der Waals surface area contributed by atoms with Gasteiger partial charge in [0.05, 0.1) is 17.2 Å². The predicted octanol–water partition coefficient (Wildman–Crippen LogP) is 5.37. The molecule has 0 atom stereocenters. The normalized spacial score (nSPS) is 14.4. The fourth-order valence-corrected chi connectivity index (χ4v) is 4.48. The Kier molecular flexibility index (Phi) is 7.14. The lowest BCUT2D eigenvalue weighted by atomic mass is 10.1. The Balaban J connectivity index is 1.51. The van der Waals surface area contributed by atoms with E-state index in [2.05, 4.69) is 5.10 Å². The number of benzene rings is 2. The Morgan fingerprint density at radius 3 is 2.40 bits per heavy atom. The number of rotatable bonds is 5. The number of hydrogen-bond donors (Lipinski definition) is 0. The first-order valence-electron chi connectivity index (χ1n) is 10.5. The van der Waals surface area contributed by atoms with Crippen molar-refractivity contribution < 1.29 is 27.1 Å². The number of aromatic nitrogens is 2. The predicted molar refractivity (Wildman–Crippen MR) is 124 cm³/mol. The first-order valence-corrected chi connectivity index (χ1v) is 11.3. The van der Waals surface area contributed by atoms with Crippen LogP contribution in [0.25, 0.3) is 11.3 Å². The van der Waals surface area contributed by atoms with Crippen molar-refractivity contribution in [3.63, 3.8) is 0 Å². The molecule has 1 amide bonds. The summed E-state index contributed by atoms with van der Waals surface area (Å²) in [5, 5.41) is 3.59. The van der Waals surface area contributed by atoms with Crippen LogP contribution in [0.5, 0.6) is 5.75 Å². The Morgan fingerprint density at radius 2 is 1.77 bits per heavy atom. The van der Waals surface area contributed by atoms with E-state index < -0.39 is 35.2 Å². The van der Waals surface area contributed by atoms with E-state index in [9.17, 15) is 22.4 Å². The second kappa shape index (κ2) is 9.94. The maximum Gasteiger partial charge on any atom is 0.434 e. The molecule has 0 bridgehead atoms. The lowest BCUT2D eigenvalue weighted by Crippen LogP contribution is -2.49. The highest BCUT2D eigenvalue weighted by Crippen LogP contribution is 2.40. The van der Waals surface area contributed by atoms with Gasteiger partial charge in [0.2, 0.25) is 5.91 Å². The fourth-order valence-electron chi connectivity index (χ4n) is 3.94. The van der Waals surface area contributed by atoms with Crippen LogP contribution in [0.15, 0.2) is 42.5 Å². The van der Waals surface area contributed by atoms with Crippen LogP contribution in [0, 0.1) is 5.82 Å². The Labute approximate surface area is 208 Å². The number of halogens is 6. The van der Waals surface area contributed by atoms with E-state index >= 15 is 0 Å². The lowest BCUT2D eigenvalue weighted by molar-refractivity contribution is -0.145. The van der Waals surface area contributed by atoms with Gasteiger partial charge in [-0.2, -0.15) is 18.3 Å². The molecule has 2 aromatic carbocycles. The molecule has 0 N–H and O–H groups in total. The molecule has 12 heteroatoms. The van der Waals surface area contributed by atoms with E-state index in [1.165, 1.54) is 30.2 Å². The summed E-state index contributed by atoms with van der Waals surface area (Å²) in [5.41, 5.74) is -0.989. The molecular formula is C23H20Cl2F4N4O2. The van der Waals surface area contributed by atoms with Gasteiger partial charge in [-0.25, -0.2) is 9.07 Å². The van der Waals surface area contributed by atoms with Crippen LogP contribution >= 0.6 is 23.2 Å². The van der Waals surface area contributed by atoms with E-state index in [0.717, 1.165) is 11.8 Å². The third-order valence-electron chi connectivity index (χ3n) is 5.71. The number of ether oxygens (including phenoxy) is 1. The molecule has 0 spiro atoms. The van der Waals surface area contributed by atoms with Gasteiger partial charge in [0.25, 0.3) is 0 Å². The minimum atomic E-state index is -4.89. The molecule has 4 rings (SSSR count). The smallest absolute Gasteiger partial charge is 0.434 e. The summed E-state index contributed by atoms with van der Waals surface area (Å²) in [6, 6.07) is 10.6. The zero-order chi connectivity index (χ0) is 25.3. The van der Waals surface area contributed by atoms with Gasteiger partial charge in [-0.05, 0) is 24.3 Å². The van der Waals surface area contributed by atoms with Gasteiger partial charge in [0.1, 0.15) is 23.8 Å². The Bertz CT molecular complexity index is 1240. The minimum Gasteiger partial charge on any atom is -0.495 e. The van der Waals surface area contributed by atoms with Gasteiger partial charge < -0.3 is 14.5 Å². The average Bonchev–Trinajstić information content (AvgIpc) is 3.15. The van der Waals surface area contributed by atoms with Crippen molar-refractivity contribution in [3.8, 4) is 17.0 Å². The number of alkyl halides is 3. The molecule has 0 unspecified atom stereocenters. The number of amides is 1. The van der Waals surface area contributed by atoms with Crippen LogP contribution in [-0.4, -0.2) is 53.9 Å². The second-order valence-electron chi connectivity index (χ2n) is 7.83. The van der Waals surface area contributed by atoms with Crippen molar-refractivity contribution in [2.24, 2.45) is 0 Å².